The molecule has 1 amide bonds. The Hall–Kier alpha value is -2.45. The van der Waals surface area contributed by atoms with Gasteiger partial charge in [-0.05, 0) is 73.9 Å². The Morgan fingerprint density at radius 1 is 1.12 bits per heavy atom. The van der Waals surface area contributed by atoms with Gasteiger partial charge in [-0.15, -0.1) is 0 Å². The molecule has 1 aromatic heterocycles. The number of amides is 1. The molecule has 5 rings (SSSR count). The minimum absolute atomic E-state index is 0.00350. The third-order valence-electron chi connectivity index (χ3n) is 7.30. The van der Waals surface area contributed by atoms with E-state index in [9.17, 15) is 9.59 Å². The summed E-state index contributed by atoms with van der Waals surface area (Å²) in [6.45, 7) is 4.42. The minimum Gasteiger partial charge on any atom is -0.376 e. The first-order chi connectivity index (χ1) is 15.6. The maximum atomic E-state index is 13.1. The van der Waals surface area contributed by atoms with E-state index < -0.39 is 5.63 Å². The molecule has 0 radical (unpaired) electrons. The topological polar surface area (TPSA) is 82.7 Å². The van der Waals surface area contributed by atoms with E-state index in [-0.39, 0.29) is 18.6 Å². The first kappa shape index (κ1) is 21.4. The van der Waals surface area contributed by atoms with Crippen molar-refractivity contribution < 1.29 is 18.7 Å². The summed E-state index contributed by atoms with van der Waals surface area (Å²) in [5.74, 6) is 0.491. The molecule has 1 atom stereocenters. The van der Waals surface area contributed by atoms with Gasteiger partial charge in [0.15, 0.2) is 0 Å². The third kappa shape index (κ3) is 4.96. The smallest absolute Gasteiger partial charge is 0.376 e. The van der Waals surface area contributed by atoms with Crippen molar-refractivity contribution in [1.29, 1.82) is 0 Å². The maximum absolute atomic E-state index is 13.1. The third-order valence-corrected chi connectivity index (χ3v) is 7.30. The van der Waals surface area contributed by atoms with Gasteiger partial charge in [-0.1, -0.05) is 28.9 Å². The molecule has 3 heterocycles. The first-order valence-electron chi connectivity index (χ1n) is 11.9. The van der Waals surface area contributed by atoms with Crippen LogP contribution in [0, 0.1) is 5.92 Å². The Kier molecular flexibility index (Phi) is 6.41. The van der Waals surface area contributed by atoms with Gasteiger partial charge in [0.1, 0.15) is 0 Å². The molecule has 1 aromatic carbocycles. The Morgan fingerprint density at radius 2 is 1.88 bits per heavy atom. The van der Waals surface area contributed by atoms with Crippen LogP contribution in [-0.2, 0) is 28.9 Å². The van der Waals surface area contributed by atoms with E-state index in [1.165, 1.54) is 22.0 Å². The van der Waals surface area contributed by atoms with Gasteiger partial charge < -0.3 is 9.64 Å². The van der Waals surface area contributed by atoms with Gasteiger partial charge in [0.2, 0.25) is 0 Å². The number of likely N-dealkylation sites (tertiary alicyclic amines) is 1. The van der Waals surface area contributed by atoms with E-state index in [0.29, 0.717) is 18.5 Å². The second kappa shape index (κ2) is 9.58. The predicted octanol–water partition coefficient (Wildman–Crippen LogP) is 1.14. The van der Waals surface area contributed by atoms with Crippen LogP contribution >= 0.6 is 0 Å². The molecule has 1 N–H and O–H groups in total. The van der Waals surface area contributed by atoms with Crippen molar-refractivity contribution in [2.45, 2.75) is 57.2 Å². The number of benzene rings is 1. The molecule has 8 nitrogen and oxygen atoms in total. The minimum atomic E-state index is -0.482. The number of nitrogens with one attached hydrogen (secondary N) is 1. The van der Waals surface area contributed by atoms with Crippen molar-refractivity contribution in [3.63, 3.8) is 0 Å². The first-order valence-corrected chi connectivity index (χ1v) is 11.9. The number of aromatic amines is 1. The van der Waals surface area contributed by atoms with Crippen LogP contribution in [0.5, 0.6) is 0 Å². The number of ether oxygens (including phenoxy) is 1. The Labute approximate surface area is 188 Å². The molecular formula is C24H33N4O4+. The zero-order valence-corrected chi connectivity index (χ0v) is 18.6. The highest BCUT2D eigenvalue weighted by Crippen LogP contribution is 2.29. The highest BCUT2D eigenvalue weighted by atomic mass is 16.5. The summed E-state index contributed by atoms with van der Waals surface area (Å²) in [7, 11) is 0. The lowest BCUT2D eigenvalue weighted by molar-refractivity contribution is -0.751. The average Bonchev–Trinajstić information content (AvgIpc) is 3.55. The fourth-order valence-electron chi connectivity index (χ4n) is 5.53. The Morgan fingerprint density at radius 3 is 2.50 bits per heavy atom. The fraction of sp³-hybridized carbons (Fsp3) is 0.625. The number of nitrogens with zero attached hydrogens (tertiary/aromatic N) is 3. The molecule has 3 aliphatic rings. The lowest BCUT2D eigenvalue weighted by atomic mass is 9.94. The molecule has 2 fully saturated rings. The quantitative estimate of drug-likeness (QED) is 0.652. The van der Waals surface area contributed by atoms with Crippen molar-refractivity contribution in [2.24, 2.45) is 5.92 Å². The fourth-order valence-corrected chi connectivity index (χ4v) is 5.53. The second-order valence-corrected chi connectivity index (χ2v) is 9.51. The van der Waals surface area contributed by atoms with Crippen molar-refractivity contribution in [1.82, 2.24) is 15.1 Å². The molecule has 8 heteroatoms. The number of hydrogen-bond acceptors (Lipinski definition) is 5. The molecule has 1 unspecified atom stereocenters. The van der Waals surface area contributed by atoms with Crippen LogP contribution in [0.4, 0.5) is 0 Å². The van der Waals surface area contributed by atoms with Crippen molar-refractivity contribution in [3.05, 3.63) is 52.0 Å². The monoisotopic (exact) mass is 441 g/mol. The van der Waals surface area contributed by atoms with Crippen molar-refractivity contribution in [2.75, 3.05) is 32.8 Å². The van der Waals surface area contributed by atoms with Gasteiger partial charge in [0, 0.05) is 25.7 Å². The van der Waals surface area contributed by atoms with E-state index in [4.69, 9.17) is 9.26 Å². The lowest BCUT2D eigenvalue weighted by Crippen LogP contribution is -2.50. The van der Waals surface area contributed by atoms with E-state index in [0.717, 1.165) is 64.8 Å². The summed E-state index contributed by atoms with van der Waals surface area (Å²) in [6, 6.07) is 9.44. The standard InChI is InChI=1S/C24H32N4O4/c29-23(16-28-17-24(30)32-25-28)27(15-22-6-3-11-31-22)14-18-7-9-26(10-8-18)21-12-19-4-1-2-5-20(19)13-21/h1-2,4-5,17-18,21-22H,3,6-16H2/p+1. The Bertz CT molecular complexity index is 947. The van der Waals surface area contributed by atoms with Crippen LogP contribution in [0.2, 0.25) is 0 Å². The van der Waals surface area contributed by atoms with Gasteiger partial charge in [-0.2, -0.15) is 0 Å². The summed E-state index contributed by atoms with van der Waals surface area (Å²) < 4.78 is 11.9. The summed E-state index contributed by atoms with van der Waals surface area (Å²) in [6.07, 6.45) is 7.98. The molecule has 2 aliphatic heterocycles. The number of rotatable bonds is 7. The van der Waals surface area contributed by atoms with Gasteiger partial charge in [-0.3, -0.25) is 14.2 Å². The van der Waals surface area contributed by atoms with E-state index in [1.807, 2.05) is 4.90 Å². The molecular weight excluding hydrogens is 408 g/mol. The van der Waals surface area contributed by atoms with Crippen LogP contribution in [0.1, 0.15) is 36.8 Å². The molecule has 2 saturated heterocycles. The largest absolute Gasteiger partial charge is 0.426 e. The molecule has 2 aromatic rings. The number of carbonyl (C=O) groups is 1. The van der Waals surface area contributed by atoms with Crippen molar-refractivity contribution >= 4 is 5.91 Å². The van der Waals surface area contributed by atoms with Crippen LogP contribution in [0.15, 0.2) is 39.8 Å². The molecule has 1 aliphatic carbocycles. The Balaban J connectivity index is 1.16. The second-order valence-electron chi connectivity index (χ2n) is 9.51. The zero-order chi connectivity index (χ0) is 21.9. The maximum Gasteiger partial charge on any atom is 0.426 e. The van der Waals surface area contributed by atoms with E-state index in [2.05, 4.69) is 34.4 Å². The van der Waals surface area contributed by atoms with Crippen LogP contribution < -0.4 is 10.3 Å². The van der Waals surface area contributed by atoms with Gasteiger partial charge in [-0.25, -0.2) is 4.79 Å². The van der Waals surface area contributed by atoms with E-state index in [1.54, 1.807) is 0 Å². The number of fused-ring (bicyclic) bond motifs is 1. The number of H-pyrrole nitrogens is 1. The molecule has 0 saturated carbocycles. The van der Waals surface area contributed by atoms with Gasteiger partial charge in [0.25, 0.3) is 18.6 Å². The van der Waals surface area contributed by atoms with Crippen LogP contribution in [0.25, 0.3) is 0 Å². The van der Waals surface area contributed by atoms with Crippen LogP contribution in [0.3, 0.4) is 0 Å². The normalized spacial score (nSPS) is 22.3. The molecule has 0 bridgehead atoms. The van der Waals surface area contributed by atoms with Gasteiger partial charge in [0.05, 0.1) is 6.10 Å². The summed E-state index contributed by atoms with van der Waals surface area (Å²) in [4.78, 5) is 28.9. The lowest BCUT2D eigenvalue weighted by Gasteiger charge is -2.38. The number of aromatic nitrogens is 2. The SMILES string of the molecule is O=C(C[n+]1cc(=O)o[nH]1)N(CC1CCN(C2Cc3ccccc3C2)CC1)CC1CCCO1. The molecule has 172 valence electrons. The summed E-state index contributed by atoms with van der Waals surface area (Å²) >= 11 is 0. The summed E-state index contributed by atoms with van der Waals surface area (Å²) in [5, 5.41) is 2.48. The van der Waals surface area contributed by atoms with Crippen LogP contribution in [-0.4, -0.2) is 65.9 Å². The highest BCUT2D eigenvalue weighted by Gasteiger charge is 2.32. The number of hydrogen-bond donors (Lipinski definition) is 1. The predicted molar refractivity (Wildman–Crippen MR) is 117 cm³/mol. The number of piperidine rings is 1. The zero-order valence-electron chi connectivity index (χ0n) is 18.6. The average molecular weight is 442 g/mol. The molecule has 32 heavy (non-hydrogen) atoms. The number of carbonyl (C=O) groups excluding carboxylic acids is 1. The molecule has 0 spiro atoms. The van der Waals surface area contributed by atoms with E-state index >= 15 is 0 Å². The highest BCUT2D eigenvalue weighted by molar-refractivity contribution is 5.74. The summed E-state index contributed by atoms with van der Waals surface area (Å²) in [5.41, 5.74) is 2.52. The van der Waals surface area contributed by atoms with Gasteiger partial charge >= 0.3 is 5.63 Å². The van der Waals surface area contributed by atoms with Crippen molar-refractivity contribution in [3.8, 4) is 0 Å².